The predicted octanol–water partition coefficient (Wildman–Crippen LogP) is 5.86. The Labute approximate surface area is 196 Å². The summed E-state index contributed by atoms with van der Waals surface area (Å²) in [5, 5.41) is 3.09. The lowest BCUT2D eigenvalue weighted by molar-refractivity contribution is 0.191. The van der Waals surface area contributed by atoms with Crippen LogP contribution in [0.3, 0.4) is 0 Å². The summed E-state index contributed by atoms with van der Waals surface area (Å²) in [4.78, 5) is 22.3. The summed E-state index contributed by atoms with van der Waals surface area (Å²) >= 11 is 0. The third-order valence-corrected chi connectivity index (χ3v) is 7.30. The first-order valence-corrected chi connectivity index (χ1v) is 12.4. The number of hydrogen-bond acceptors (Lipinski definition) is 3. The summed E-state index contributed by atoms with van der Waals surface area (Å²) in [6.45, 7) is 1.50. The van der Waals surface area contributed by atoms with E-state index in [1.807, 2.05) is 43.3 Å². The van der Waals surface area contributed by atoms with Crippen molar-refractivity contribution in [1.29, 1.82) is 0 Å². The quantitative estimate of drug-likeness (QED) is 0.547. The molecule has 5 rings (SSSR count). The molecule has 2 aromatic heterocycles. The summed E-state index contributed by atoms with van der Waals surface area (Å²) in [7, 11) is 4.03. The molecule has 0 radical (unpaired) electrons. The van der Waals surface area contributed by atoms with E-state index >= 15 is 0 Å². The molecule has 1 saturated carbocycles. The van der Waals surface area contributed by atoms with Crippen LogP contribution < -0.4 is 10.2 Å². The summed E-state index contributed by atoms with van der Waals surface area (Å²) < 4.78 is 2.29. The first-order valence-electron chi connectivity index (χ1n) is 12.4. The fourth-order valence-electron chi connectivity index (χ4n) is 5.47. The lowest BCUT2D eigenvalue weighted by Gasteiger charge is -2.32. The number of nitrogens with zero attached hydrogens (tertiary/aromatic N) is 4. The fraction of sp³-hybridized carbons (Fsp3) is 0.481. The number of piperidine rings is 1. The minimum atomic E-state index is -0.0225. The van der Waals surface area contributed by atoms with E-state index in [9.17, 15) is 4.79 Å². The first-order chi connectivity index (χ1) is 16.1. The molecular formula is C27H35N5O. The maximum absolute atomic E-state index is 13.1. The smallest absolute Gasteiger partial charge is 0.321 e. The standard InChI is InChI=1S/C27H35N5O/c1-30(2)23-15-13-22(14-16-23)28-27(33)31-17-8-11-21(19-31)26-29-25(20-9-4-3-5-10-20)24-12-6-7-18-32(24)26/h6-7,12-16,18,20-21H,3-5,8-11,17,19H2,1-2H3,(H,28,33)/t21-/m1/s1. The Hall–Kier alpha value is -3.02. The van der Waals surface area contributed by atoms with Crippen LogP contribution in [0.4, 0.5) is 16.2 Å². The number of rotatable bonds is 4. The number of amides is 2. The minimum Gasteiger partial charge on any atom is -0.378 e. The lowest BCUT2D eigenvalue weighted by Crippen LogP contribution is -2.42. The van der Waals surface area contributed by atoms with Crippen molar-refractivity contribution in [3.8, 4) is 0 Å². The third kappa shape index (κ3) is 4.56. The molecule has 0 spiro atoms. The Bertz CT molecular complexity index is 1100. The maximum Gasteiger partial charge on any atom is 0.321 e. The van der Waals surface area contributed by atoms with Gasteiger partial charge < -0.3 is 19.5 Å². The van der Waals surface area contributed by atoms with E-state index in [4.69, 9.17) is 4.98 Å². The molecule has 174 valence electrons. The summed E-state index contributed by atoms with van der Waals surface area (Å²) in [5.74, 6) is 1.95. The number of benzene rings is 1. The van der Waals surface area contributed by atoms with Crippen LogP contribution >= 0.6 is 0 Å². The van der Waals surface area contributed by atoms with Crippen LogP contribution in [0.2, 0.25) is 0 Å². The molecule has 3 heterocycles. The van der Waals surface area contributed by atoms with Gasteiger partial charge in [-0.2, -0.15) is 0 Å². The molecule has 33 heavy (non-hydrogen) atoms. The number of hydrogen-bond donors (Lipinski definition) is 1. The topological polar surface area (TPSA) is 52.9 Å². The van der Waals surface area contributed by atoms with Gasteiger partial charge in [0.05, 0.1) is 11.2 Å². The Morgan fingerprint density at radius 1 is 0.970 bits per heavy atom. The van der Waals surface area contributed by atoms with Gasteiger partial charge in [0.1, 0.15) is 5.82 Å². The highest BCUT2D eigenvalue weighted by atomic mass is 16.2. The first kappa shape index (κ1) is 21.8. The zero-order valence-corrected chi connectivity index (χ0v) is 19.8. The second kappa shape index (κ2) is 9.46. The number of fused-ring (bicyclic) bond motifs is 1. The molecule has 6 heteroatoms. The van der Waals surface area contributed by atoms with Gasteiger partial charge in [-0.3, -0.25) is 0 Å². The molecule has 1 aromatic carbocycles. The lowest BCUT2D eigenvalue weighted by atomic mass is 9.86. The van der Waals surface area contributed by atoms with E-state index in [2.05, 4.69) is 39.0 Å². The zero-order chi connectivity index (χ0) is 22.8. The molecule has 1 aliphatic heterocycles. The highest BCUT2D eigenvalue weighted by Gasteiger charge is 2.30. The van der Waals surface area contributed by atoms with Crippen molar-refractivity contribution >= 4 is 22.9 Å². The Morgan fingerprint density at radius 3 is 2.48 bits per heavy atom. The second-order valence-corrected chi connectivity index (χ2v) is 9.80. The SMILES string of the molecule is CN(C)c1ccc(NC(=O)N2CCC[C@@H](c3nc(C4CCCCC4)c4ccccn34)C2)cc1. The number of carbonyl (C=O) groups is 1. The fourth-order valence-corrected chi connectivity index (χ4v) is 5.47. The molecule has 1 aliphatic carbocycles. The van der Waals surface area contributed by atoms with E-state index in [0.29, 0.717) is 12.5 Å². The van der Waals surface area contributed by atoms with Crippen molar-refractivity contribution in [1.82, 2.24) is 14.3 Å². The van der Waals surface area contributed by atoms with Gasteiger partial charge >= 0.3 is 6.03 Å². The number of likely N-dealkylation sites (tertiary alicyclic amines) is 1. The van der Waals surface area contributed by atoms with Crippen LogP contribution in [0.1, 0.15) is 68.3 Å². The van der Waals surface area contributed by atoms with Crippen LogP contribution in [0.15, 0.2) is 48.7 Å². The number of pyridine rings is 1. The number of nitrogens with one attached hydrogen (secondary N) is 1. The number of aromatic nitrogens is 2. The van der Waals surface area contributed by atoms with Crippen LogP contribution in [0.5, 0.6) is 0 Å². The molecule has 6 nitrogen and oxygen atoms in total. The average molecular weight is 446 g/mol. The van der Waals surface area contributed by atoms with Crippen LogP contribution in [-0.2, 0) is 0 Å². The molecule has 2 amide bonds. The number of anilines is 2. The van der Waals surface area contributed by atoms with Gasteiger partial charge in [0.25, 0.3) is 0 Å². The summed E-state index contributed by atoms with van der Waals surface area (Å²) in [6.07, 6.45) is 10.7. The van der Waals surface area contributed by atoms with Gasteiger partial charge in [0.2, 0.25) is 0 Å². The molecule has 0 bridgehead atoms. The highest BCUT2D eigenvalue weighted by Crippen LogP contribution is 2.37. The van der Waals surface area contributed by atoms with Crippen molar-refractivity contribution in [3.05, 3.63) is 60.2 Å². The minimum absolute atomic E-state index is 0.0225. The average Bonchev–Trinajstić information content (AvgIpc) is 3.25. The highest BCUT2D eigenvalue weighted by molar-refractivity contribution is 5.89. The Balaban J connectivity index is 1.33. The van der Waals surface area contributed by atoms with Crippen molar-refractivity contribution in [2.75, 3.05) is 37.4 Å². The van der Waals surface area contributed by atoms with Crippen LogP contribution in [0, 0.1) is 0 Å². The van der Waals surface area contributed by atoms with Gasteiger partial charge in [-0.15, -0.1) is 0 Å². The van der Waals surface area contributed by atoms with Crippen LogP contribution in [0.25, 0.3) is 5.52 Å². The Morgan fingerprint density at radius 2 is 1.73 bits per heavy atom. The number of carbonyl (C=O) groups excluding carboxylic acids is 1. The van der Waals surface area contributed by atoms with E-state index in [0.717, 1.165) is 36.6 Å². The summed E-state index contributed by atoms with van der Waals surface area (Å²) in [6, 6.07) is 14.4. The second-order valence-electron chi connectivity index (χ2n) is 9.80. The van der Waals surface area contributed by atoms with E-state index in [1.54, 1.807) is 0 Å². The zero-order valence-electron chi connectivity index (χ0n) is 19.8. The molecule has 3 aromatic rings. The monoisotopic (exact) mass is 445 g/mol. The Kier molecular flexibility index (Phi) is 6.25. The molecule has 2 aliphatic rings. The molecule has 1 saturated heterocycles. The predicted molar refractivity (Wildman–Crippen MR) is 134 cm³/mol. The summed E-state index contributed by atoms with van der Waals surface area (Å²) in [5.41, 5.74) is 4.47. The van der Waals surface area contributed by atoms with E-state index in [-0.39, 0.29) is 11.9 Å². The van der Waals surface area contributed by atoms with Gasteiger partial charge in [0.15, 0.2) is 0 Å². The largest absolute Gasteiger partial charge is 0.378 e. The number of imidazole rings is 1. The van der Waals surface area contributed by atoms with E-state index < -0.39 is 0 Å². The van der Waals surface area contributed by atoms with Gasteiger partial charge in [-0.25, -0.2) is 9.78 Å². The third-order valence-electron chi connectivity index (χ3n) is 7.30. The van der Waals surface area contributed by atoms with Gasteiger partial charge in [0, 0.05) is 56.6 Å². The van der Waals surface area contributed by atoms with Crippen LogP contribution in [-0.4, -0.2) is 47.5 Å². The maximum atomic E-state index is 13.1. The molecular weight excluding hydrogens is 410 g/mol. The van der Waals surface area contributed by atoms with Crippen molar-refractivity contribution in [2.45, 2.75) is 56.8 Å². The van der Waals surface area contributed by atoms with E-state index in [1.165, 1.54) is 43.3 Å². The van der Waals surface area contributed by atoms with Gasteiger partial charge in [-0.1, -0.05) is 25.3 Å². The van der Waals surface area contributed by atoms with Crippen molar-refractivity contribution < 1.29 is 4.79 Å². The molecule has 1 atom stereocenters. The molecule has 1 N–H and O–H groups in total. The molecule has 0 unspecified atom stereocenters. The molecule has 2 fully saturated rings. The normalized spacial score (nSPS) is 19.6. The van der Waals surface area contributed by atoms with Crippen molar-refractivity contribution in [3.63, 3.8) is 0 Å². The van der Waals surface area contributed by atoms with Crippen molar-refractivity contribution in [2.24, 2.45) is 0 Å². The van der Waals surface area contributed by atoms with Gasteiger partial charge in [-0.05, 0) is 62.1 Å². The number of urea groups is 1.